The first-order chi connectivity index (χ1) is 13.6. The molecule has 0 aliphatic carbocycles. The van der Waals surface area contributed by atoms with Gasteiger partial charge in [0, 0.05) is 11.3 Å². The maximum absolute atomic E-state index is 12.9. The van der Waals surface area contributed by atoms with Crippen LogP contribution in [0.4, 0.5) is 5.69 Å². The molecule has 0 radical (unpaired) electrons. The highest BCUT2D eigenvalue weighted by atomic mass is 35.5. The van der Waals surface area contributed by atoms with E-state index < -0.39 is 18.0 Å². The molecule has 0 aromatic heterocycles. The van der Waals surface area contributed by atoms with Crippen molar-refractivity contribution in [1.29, 1.82) is 0 Å². The third kappa shape index (κ3) is 4.69. The van der Waals surface area contributed by atoms with Gasteiger partial charge in [-0.1, -0.05) is 60.1 Å². The minimum absolute atomic E-state index is 0.359. The summed E-state index contributed by atoms with van der Waals surface area (Å²) in [7, 11) is 1.51. The highest BCUT2D eigenvalue weighted by Gasteiger charge is 2.26. The van der Waals surface area contributed by atoms with Crippen LogP contribution in [0, 0.1) is 0 Å². The van der Waals surface area contributed by atoms with Crippen LogP contribution in [-0.2, 0) is 9.53 Å². The van der Waals surface area contributed by atoms with E-state index in [4.69, 9.17) is 21.1 Å². The summed E-state index contributed by atoms with van der Waals surface area (Å²) in [4.78, 5) is 25.4. The smallest absolute Gasteiger partial charge is 0.339 e. The second kappa shape index (κ2) is 9.06. The molecule has 1 atom stereocenters. The summed E-state index contributed by atoms with van der Waals surface area (Å²) in [5.41, 5.74) is 1.39. The summed E-state index contributed by atoms with van der Waals surface area (Å²) in [6.07, 6.45) is -1.12. The average molecular weight is 396 g/mol. The minimum Gasteiger partial charge on any atom is -0.495 e. The molecule has 0 saturated carbocycles. The SMILES string of the molecule is COc1ccc(NC(=O)[C@H](OC(=O)c2ccccc2)c2ccccc2)cc1Cl. The Morgan fingerprint density at radius 2 is 1.57 bits per heavy atom. The van der Waals surface area contributed by atoms with Crippen LogP contribution in [-0.4, -0.2) is 19.0 Å². The first-order valence-corrected chi connectivity index (χ1v) is 8.91. The number of anilines is 1. The number of nitrogens with one attached hydrogen (secondary N) is 1. The molecule has 28 heavy (non-hydrogen) atoms. The third-order valence-corrected chi connectivity index (χ3v) is 4.29. The van der Waals surface area contributed by atoms with E-state index in [9.17, 15) is 9.59 Å². The number of amides is 1. The average Bonchev–Trinajstić information content (AvgIpc) is 2.73. The highest BCUT2D eigenvalue weighted by Crippen LogP contribution is 2.28. The zero-order valence-electron chi connectivity index (χ0n) is 15.1. The van der Waals surface area contributed by atoms with Gasteiger partial charge < -0.3 is 14.8 Å². The van der Waals surface area contributed by atoms with Crippen molar-refractivity contribution in [2.24, 2.45) is 0 Å². The van der Waals surface area contributed by atoms with Gasteiger partial charge in [0.05, 0.1) is 17.7 Å². The zero-order chi connectivity index (χ0) is 19.9. The third-order valence-electron chi connectivity index (χ3n) is 3.99. The van der Waals surface area contributed by atoms with Gasteiger partial charge in [-0.05, 0) is 30.3 Å². The van der Waals surface area contributed by atoms with Gasteiger partial charge in [-0.25, -0.2) is 4.79 Å². The largest absolute Gasteiger partial charge is 0.495 e. The van der Waals surface area contributed by atoms with E-state index in [1.165, 1.54) is 7.11 Å². The number of ether oxygens (including phenoxy) is 2. The van der Waals surface area contributed by atoms with Crippen molar-refractivity contribution < 1.29 is 19.1 Å². The van der Waals surface area contributed by atoms with Crippen molar-refractivity contribution in [3.63, 3.8) is 0 Å². The molecule has 0 spiro atoms. The van der Waals surface area contributed by atoms with E-state index in [1.807, 2.05) is 6.07 Å². The predicted molar refractivity (Wildman–Crippen MR) is 108 cm³/mol. The number of methoxy groups -OCH3 is 1. The topological polar surface area (TPSA) is 64.6 Å². The number of esters is 1. The Kier molecular flexibility index (Phi) is 6.29. The van der Waals surface area contributed by atoms with Crippen molar-refractivity contribution >= 4 is 29.2 Å². The molecular formula is C22H18ClNO4. The Balaban J connectivity index is 1.83. The van der Waals surface area contributed by atoms with E-state index in [0.29, 0.717) is 27.6 Å². The van der Waals surface area contributed by atoms with Gasteiger partial charge in [0.1, 0.15) is 5.75 Å². The first-order valence-electron chi connectivity index (χ1n) is 8.54. The molecule has 0 aliphatic heterocycles. The van der Waals surface area contributed by atoms with Crippen LogP contribution in [0.15, 0.2) is 78.9 Å². The number of carbonyl (C=O) groups excluding carboxylic acids is 2. The molecule has 0 saturated heterocycles. The maximum atomic E-state index is 12.9. The lowest BCUT2D eigenvalue weighted by Gasteiger charge is -2.18. The second-order valence-electron chi connectivity index (χ2n) is 5.90. The molecule has 142 valence electrons. The normalized spacial score (nSPS) is 11.4. The maximum Gasteiger partial charge on any atom is 0.339 e. The molecular weight excluding hydrogens is 378 g/mol. The number of hydrogen-bond donors (Lipinski definition) is 1. The fourth-order valence-electron chi connectivity index (χ4n) is 2.60. The highest BCUT2D eigenvalue weighted by molar-refractivity contribution is 6.32. The van der Waals surface area contributed by atoms with E-state index in [1.54, 1.807) is 72.8 Å². The molecule has 1 N–H and O–H groups in total. The van der Waals surface area contributed by atoms with Crippen LogP contribution in [0.25, 0.3) is 0 Å². The van der Waals surface area contributed by atoms with Crippen LogP contribution in [0.5, 0.6) is 5.75 Å². The van der Waals surface area contributed by atoms with Gasteiger partial charge in [0.2, 0.25) is 6.10 Å². The van der Waals surface area contributed by atoms with Gasteiger partial charge in [0.25, 0.3) is 5.91 Å². The molecule has 0 fully saturated rings. The van der Waals surface area contributed by atoms with Gasteiger partial charge in [0.15, 0.2) is 0 Å². The van der Waals surface area contributed by atoms with E-state index in [-0.39, 0.29) is 0 Å². The predicted octanol–water partition coefficient (Wildman–Crippen LogP) is 4.89. The standard InChI is InChI=1S/C22H18ClNO4/c1-27-19-13-12-17(14-18(19)23)24-21(25)20(15-8-4-2-5-9-15)28-22(26)16-10-6-3-7-11-16/h2-14,20H,1H3,(H,24,25)/t20-/m1/s1. The molecule has 0 bridgehead atoms. The van der Waals surface area contributed by atoms with Crippen LogP contribution in [0.2, 0.25) is 5.02 Å². The monoisotopic (exact) mass is 395 g/mol. The number of rotatable bonds is 6. The summed E-state index contributed by atoms with van der Waals surface area (Å²) < 4.78 is 10.6. The van der Waals surface area contributed by atoms with Crippen molar-refractivity contribution in [1.82, 2.24) is 0 Å². The van der Waals surface area contributed by atoms with Crippen molar-refractivity contribution in [2.75, 3.05) is 12.4 Å². The Hall–Kier alpha value is -3.31. The molecule has 0 unspecified atom stereocenters. The van der Waals surface area contributed by atoms with Crippen LogP contribution in [0.3, 0.4) is 0 Å². The van der Waals surface area contributed by atoms with Gasteiger partial charge in [-0.2, -0.15) is 0 Å². The van der Waals surface area contributed by atoms with E-state index in [0.717, 1.165) is 0 Å². The second-order valence-corrected chi connectivity index (χ2v) is 6.31. The van der Waals surface area contributed by atoms with Gasteiger partial charge >= 0.3 is 5.97 Å². The minimum atomic E-state index is -1.12. The van der Waals surface area contributed by atoms with Gasteiger partial charge in [-0.3, -0.25) is 4.79 Å². The summed E-state index contributed by atoms with van der Waals surface area (Å²) in [5.74, 6) is -0.580. The molecule has 0 heterocycles. The number of hydrogen-bond acceptors (Lipinski definition) is 4. The lowest BCUT2D eigenvalue weighted by molar-refractivity contribution is -0.125. The van der Waals surface area contributed by atoms with Gasteiger partial charge in [-0.15, -0.1) is 0 Å². The van der Waals surface area contributed by atoms with Crippen molar-refractivity contribution in [3.8, 4) is 5.75 Å². The molecule has 5 nitrogen and oxygen atoms in total. The summed E-state index contributed by atoms with van der Waals surface area (Å²) in [6, 6.07) is 22.2. The molecule has 3 rings (SSSR count). The molecule has 3 aromatic rings. The quantitative estimate of drug-likeness (QED) is 0.604. The van der Waals surface area contributed by atoms with Crippen LogP contribution >= 0.6 is 11.6 Å². The first kappa shape index (κ1) is 19.5. The fourth-order valence-corrected chi connectivity index (χ4v) is 2.86. The van der Waals surface area contributed by atoms with E-state index in [2.05, 4.69) is 5.32 Å². The summed E-state index contributed by atoms with van der Waals surface area (Å²) in [5, 5.41) is 3.09. The van der Waals surface area contributed by atoms with E-state index >= 15 is 0 Å². The zero-order valence-corrected chi connectivity index (χ0v) is 15.8. The number of halogens is 1. The molecule has 6 heteroatoms. The van der Waals surface area contributed by atoms with Crippen molar-refractivity contribution in [3.05, 3.63) is 95.0 Å². The Labute approximate surface area is 167 Å². The van der Waals surface area contributed by atoms with Crippen molar-refractivity contribution in [2.45, 2.75) is 6.10 Å². The fraction of sp³-hybridized carbons (Fsp3) is 0.0909. The summed E-state index contributed by atoms with van der Waals surface area (Å²) in [6.45, 7) is 0. The van der Waals surface area contributed by atoms with Crippen LogP contribution < -0.4 is 10.1 Å². The Morgan fingerprint density at radius 1 is 0.929 bits per heavy atom. The molecule has 0 aliphatic rings. The Bertz CT molecular complexity index is 961. The van der Waals surface area contributed by atoms with Crippen LogP contribution in [0.1, 0.15) is 22.0 Å². The lowest BCUT2D eigenvalue weighted by Crippen LogP contribution is -2.26. The number of benzene rings is 3. The Morgan fingerprint density at radius 3 is 2.18 bits per heavy atom. The summed E-state index contributed by atoms with van der Waals surface area (Å²) >= 11 is 6.11. The number of carbonyl (C=O) groups is 2. The molecule has 3 aromatic carbocycles. The lowest BCUT2D eigenvalue weighted by atomic mass is 10.1. The molecule has 1 amide bonds.